The fourth-order valence-electron chi connectivity index (χ4n) is 12.2. The van der Waals surface area contributed by atoms with Crippen LogP contribution in [0.4, 0.5) is 11.4 Å². The zero-order chi connectivity index (χ0) is 43.3. The number of benzene rings is 8. The Hall–Kier alpha value is -6.56. The molecule has 0 fully saturated rings. The summed E-state index contributed by atoms with van der Waals surface area (Å²) in [6.45, 7) is 18.8. The minimum absolute atomic E-state index is 0.0246. The highest BCUT2D eigenvalue weighted by molar-refractivity contribution is 7.25. The molecule has 0 radical (unpaired) electrons. The highest BCUT2D eigenvalue weighted by atomic mass is 32.1. The summed E-state index contributed by atoms with van der Waals surface area (Å²) in [4.78, 5) is 2.71. The topological polar surface area (TPSA) is 21.3 Å². The molecule has 14 rings (SSSR count). The number of fused-ring (bicyclic) bond motifs is 19. The monoisotopic (exact) mass is 842 g/mol. The van der Waals surface area contributed by atoms with Crippen molar-refractivity contribution in [2.45, 2.75) is 71.6 Å². The van der Waals surface area contributed by atoms with E-state index in [9.17, 15) is 0 Å². The summed E-state index contributed by atoms with van der Waals surface area (Å²) in [5.74, 6) is 0. The average Bonchev–Trinajstić information content (AvgIpc) is 4.00. The van der Waals surface area contributed by atoms with Gasteiger partial charge in [-0.15, -0.1) is 11.3 Å². The van der Waals surface area contributed by atoms with Crippen molar-refractivity contribution in [2.24, 2.45) is 0 Å². The van der Waals surface area contributed by atoms with Crippen LogP contribution in [0.25, 0.3) is 91.9 Å². The minimum Gasteiger partial charge on any atom is -0.456 e. The standard InChI is InChI=1S/C59H47BN2OS/c1-57(2,3)32-21-24-34(25-22-32)62-45-31-50-39(36-16-11-14-20-49(36)64-50)28-41(45)52-51-37-17-9-12-18-42(37)59(7,8)54(51)53-40-27-33(58(4,5)6)23-26-44(40)61-46-30-48-38(35-15-10-13-19-47(35)63-48)29-43(46)60(62)55(52)56(53)61/h9-31H,1-8H3. The van der Waals surface area contributed by atoms with Gasteiger partial charge in [0.25, 0.3) is 0 Å². The lowest BCUT2D eigenvalue weighted by Crippen LogP contribution is -2.60. The van der Waals surface area contributed by atoms with E-state index in [-0.39, 0.29) is 23.1 Å². The molecule has 308 valence electrons. The van der Waals surface area contributed by atoms with Gasteiger partial charge < -0.3 is 13.8 Å². The van der Waals surface area contributed by atoms with E-state index in [1.54, 1.807) is 0 Å². The van der Waals surface area contributed by atoms with Gasteiger partial charge >= 0.3 is 6.85 Å². The first-order chi connectivity index (χ1) is 30.8. The first kappa shape index (κ1) is 36.9. The molecular formula is C59H47BN2OS. The van der Waals surface area contributed by atoms with E-state index in [0.29, 0.717) is 0 Å². The molecule has 3 aromatic heterocycles. The summed E-state index contributed by atoms with van der Waals surface area (Å²) < 4.78 is 12.0. The number of anilines is 2. The number of rotatable bonds is 1. The predicted molar refractivity (Wildman–Crippen MR) is 275 cm³/mol. The van der Waals surface area contributed by atoms with Crippen molar-refractivity contribution >= 4 is 104 Å². The molecule has 3 aliphatic rings. The molecule has 3 nitrogen and oxygen atoms in total. The Balaban J connectivity index is 1.25. The predicted octanol–water partition coefficient (Wildman–Crippen LogP) is 15.2. The molecule has 0 atom stereocenters. The number of hydrogen-bond acceptors (Lipinski definition) is 3. The van der Waals surface area contributed by atoms with Crippen LogP contribution in [0.15, 0.2) is 144 Å². The molecule has 0 saturated heterocycles. The van der Waals surface area contributed by atoms with Crippen LogP contribution in [0.5, 0.6) is 0 Å². The van der Waals surface area contributed by atoms with Crippen LogP contribution in [0.2, 0.25) is 0 Å². The van der Waals surface area contributed by atoms with Crippen molar-refractivity contribution in [3.8, 4) is 27.9 Å². The molecule has 64 heavy (non-hydrogen) atoms. The molecule has 0 N–H and O–H groups in total. The Labute approximate surface area is 377 Å². The number of thiophene rings is 1. The second-order valence-corrected chi connectivity index (χ2v) is 22.4. The lowest BCUT2D eigenvalue weighted by Gasteiger charge is -2.43. The maximum atomic E-state index is 6.77. The Morgan fingerprint density at radius 2 is 1.28 bits per heavy atom. The smallest absolute Gasteiger partial charge is 0.333 e. The molecule has 2 aliphatic heterocycles. The Kier molecular flexibility index (Phi) is 6.89. The summed E-state index contributed by atoms with van der Waals surface area (Å²) in [7, 11) is 0. The fraction of sp³-hybridized carbons (Fsp3) is 0.186. The van der Waals surface area contributed by atoms with Gasteiger partial charge in [-0.25, -0.2) is 0 Å². The summed E-state index contributed by atoms with van der Waals surface area (Å²) >= 11 is 1.91. The van der Waals surface area contributed by atoms with Crippen LogP contribution in [-0.4, -0.2) is 11.4 Å². The number of nitrogens with zero attached hydrogens (tertiary/aromatic N) is 2. The van der Waals surface area contributed by atoms with E-state index < -0.39 is 0 Å². The van der Waals surface area contributed by atoms with Crippen molar-refractivity contribution in [3.63, 3.8) is 0 Å². The number of hydrogen-bond donors (Lipinski definition) is 0. The quantitative estimate of drug-likeness (QED) is 0.154. The van der Waals surface area contributed by atoms with E-state index in [2.05, 4.69) is 204 Å². The van der Waals surface area contributed by atoms with Crippen molar-refractivity contribution in [1.82, 2.24) is 4.57 Å². The summed E-state index contributed by atoms with van der Waals surface area (Å²) in [5.41, 5.74) is 21.4. The van der Waals surface area contributed by atoms with Crippen molar-refractivity contribution < 1.29 is 4.42 Å². The lowest BCUT2D eigenvalue weighted by molar-refractivity contribution is 0.590. The molecule has 0 saturated carbocycles. The summed E-state index contributed by atoms with van der Waals surface area (Å²) in [6, 6.07) is 53.6. The van der Waals surface area contributed by atoms with Crippen LogP contribution in [0.1, 0.15) is 77.6 Å². The lowest BCUT2D eigenvalue weighted by atomic mass is 9.43. The summed E-state index contributed by atoms with van der Waals surface area (Å²) in [6.07, 6.45) is 0. The van der Waals surface area contributed by atoms with E-state index in [0.717, 1.165) is 21.9 Å². The Morgan fingerprint density at radius 3 is 2.08 bits per heavy atom. The molecule has 0 amide bonds. The largest absolute Gasteiger partial charge is 0.456 e. The summed E-state index contributed by atoms with van der Waals surface area (Å²) in [5, 5.41) is 7.66. The van der Waals surface area contributed by atoms with Gasteiger partial charge in [-0.2, -0.15) is 0 Å². The van der Waals surface area contributed by atoms with Crippen molar-refractivity contribution in [2.75, 3.05) is 4.81 Å². The first-order valence-corrected chi connectivity index (χ1v) is 23.7. The number of furan rings is 1. The maximum absolute atomic E-state index is 6.77. The number of para-hydroxylation sites is 1. The third-order valence-corrected chi connectivity index (χ3v) is 16.4. The zero-order valence-electron chi connectivity index (χ0n) is 37.6. The third-order valence-electron chi connectivity index (χ3n) is 15.2. The SMILES string of the molecule is CC(C)(C)c1ccc(N2B3c4cc5c(cc4-n4c6ccc(C(C)(C)C)cc6c6c7c(c(c3c64)-c3cc4c(cc32)sc2ccccc24)-c2ccccc2C7(C)C)oc2ccccc25)cc1. The number of aromatic nitrogens is 1. The van der Waals surface area contributed by atoms with Gasteiger partial charge in [-0.05, 0) is 109 Å². The molecule has 1 aliphatic carbocycles. The molecule has 0 bridgehead atoms. The van der Waals surface area contributed by atoms with Crippen molar-refractivity contribution in [3.05, 3.63) is 162 Å². The molecular weight excluding hydrogens is 796 g/mol. The van der Waals surface area contributed by atoms with Gasteiger partial charge in [-0.1, -0.05) is 140 Å². The van der Waals surface area contributed by atoms with Gasteiger partial charge in [0.1, 0.15) is 11.2 Å². The van der Waals surface area contributed by atoms with Gasteiger partial charge in [0.15, 0.2) is 0 Å². The molecule has 0 spiro atoms. The normalized spacial score (nSPS) is 14.9. The molecule has 5 heterocycles. The van der Waals surface area contributed by atoms with Crippen LogP contribution >= 0.6 is 11.3 Å². The van der Waals surface area contributed by atoms with E-state index in [1.807, 2.05) is 11.3 Å². The Bertz CT molecular complexity index is 3900. The zero-order valence-corrected chi connectivity index (χ0v) is 38.4. The second kappa shape index (κ2) is 12.0. The average molecular weight is 843 g/mol. The fourth-order valence-corrected chi connectivity index (χ4v) is 13.3. The third kappa shape index (κ3) is 4.58. The molecule has 0 unspecified atom stereocenters. The van der Waals surface area contributed by atoms with Gasteiger partial charge in [0, 0.05) is 75.8 Å². The Morgan fingerprint density at radius 1 is 0.562 bits per heavy atom. The molecule has 5 heteroatoms. The van der Waals surface area contributed by atoms with Crippen LogP contribution in [-0.2, 0) is 16.2 Å². The van der Waals surface area contributed by atoms with Crippen LogP contribution in [0.3, 0.4) is 0 Å². The van der Waals surface area contributed by atoms with Gasteiger partial charge in [0.05, 0.1) is 11.0 Å². The first-order valence-electron chi connectivity index (χ1n) is 22.9. The second-order valence-electron chi connectivity index (χ2n) is 21.3. The highest BCUT2D eigenvalue weighted by Gasteiger charge is 2.50. The van der Waals surface area contributed by atoms with Crippen LogP contribution in [0, 0.1) is 0 Å². The molecule has 11 aromatic rings. The van der Waals surface area contributed by atoms with E-state index in [1.165, 1.54) is 114 Å². The van der Waals surface area contributed by atoms with Crippen molar-refractivity contribution in [1.29, 1.82) is 0 Å². The van der Waals surface area contributed by atoms with E-state index >= 15 is 0 Å². The molecule has 8 aromatic carbocycles. The van der Waals surface area contributed by atoms with Gasteiger partial charge in [-0.3, -0.25) is 0 Å². The van der Waals surface area contributed by atoms with Gasteiger partial charge in [0.2, 0.25) is 0 Å². The maximum Gasteiger partial charge on any atom is 0.333 e. The highest BCUT2D eigenvalue weighted by Crippen LogP contribution is 2.60. The van der Waals surface area contributed by atoms with Crippen LogP contribution < -0.4 is 15.7 Å². The minimum atomic E-state index is -0.254. The van der Waals surface area contributed by atoms with E-state index in [4.69, 9.17) is 4.42 Å².